The van der Waals surface area contributed by atoms with E-state index < -0.39 is 41.9 Å². The van der Waals surface area contributed by atoms with Crippen molar-refractivity contribution in [2.45, 2.75) is 85.9 Å². The van der Waals surface area contributed by atoms with Gasteiger partial charge in [0.05, 0.1) is 0 Å². The quantitative estimate of drug-likeness (QED) is 0.311. The molecule has 0 radical (unpaired) electrons. The molecule has 1 aliphatic rings. The SMILES string of the molecule is C=C1CC(=O)N[C@@H](C)C(=O)N(C)[C@@H](CCc2ccccc2)C(=O)NCC(=O)O[C@@H](/C(C)=C/C(C)=CC(C)(C)C)[C@@H]1C. The molecule has 3 amide bonds. The Bertz CT molecular complexity index is 1180. The number of amides is 3. The highest BCUT2D eigenvalue weighted by Gasteiger charge is 2.32. The van der Waals surface area contributed by atoms with Gasteiger partial charge in [0.15, 0.2) is 0 Å². The van der Waals surface area contributed by atoms with E-state index in [0.29, 0.717) is 18.4 Å². The van der Waals surface area contributed by atoms with E-state index in [1.54, 1.807) is 6.92 Å². The molecule has 2 N–H and O–H groups in total. The predicted molar refractivity (Wildman–Crippen MR) is 162 cm³/mol. The molecule has 0 bridgehead atoms. The first-order valence-electron chi connectivity index (χ1n) is 14.2. The average molecular weight is 566 g/mol. The Morgan fingerprint density at radius 1 is 1.10 bits per heavy atom. The van der Waals surface area contributed by atoms with Crippen molar-refractivity contribution in [2.24, 2.45) is 11.3 Å². The van der Waals surface area contributed by atoms with E-state index in [2.05, 4.69) is 44.1 Å². The molecule has 8 heteroatoms. The molecule has 1 fully saturated rings. The fourth-order valence-corrected chi connectivity index (χ4v) is 5.06. The van der Waals surface area contributed by atoms with E-state index in [0.717, 1.165) is 16.7 Å². The van der Waals surface area contributed by atoms with E-state index in [1.807, 2.05) is 57.2 Å². The molecule has 1 heterocycles. The number of rotatable bonds is 5. The van der Waals surface area contributed by atoms with Crippen LogP contribution in [0, 0.1) is 11.3 Å². The molecule has 4 atom stereocenters. The lowest BCUT2D eigenvalue weighted by atomic mass is 9.88. The minimum atomic E-state index is -0.853. The van der Waals surface area contributed by atoms with E-state index in [4.69, 9.17) is 4.74 Å². The third-order valence-electron chi connectivity index (χ3n) is 7.13. The van der Waals surface area contributed by atoms with Crippen molar-refractivity contribution in [1.82, 2.24) is 15.5 Å². The highest BCUT2D eigenvalue weighted by Crippen LogP contribution is 2.27. The van der Waals surface area contributed by atoms with Gasteiger partial charge in [-0.05, 0) is 50.2 Å². The number of esters is 1. The molecule has 1 aromatic carbocycles. The first kappa shape index (κ1) is 33.5. The second-order valence-corrected chi connectivity index (χ2v) is 12.2. The summed E-state index contributed by atoms with van der Waals surface area (Å²) in [5, 5.41) is 5.42. The number of cyclic esters (lactones) is 1. The third kappa shape index (κ3) is 10.7. The summed E-state index contributed by atoms with van der Waals surface area (Å²) in [6.07, 6.45) is 4.26. The maximum atomic E-state index is 13.3. The van der Waals surface area contributed by atoms with Crippen LogP contribution in [0.5, 0.6) is 0 Å². The molecule has 1 saturated heterocycles. The molecular formula is C33H47N3O5. The van der Waals surface area contributed by atoms with Crippen molar-refractivity contribution in [3.8, 4) is 0 Å². The molecule has 2 rings (SSSR count). The van der Waals surface area contributed by atoms with Gasteiger partial charge in [0.25, 0.3) is 0 Å². The van der Waals surface area contributed by atoms with Gasteiger partial charge in [0.2, 0.25) is 17.7 Å². The number of allylic oxidation sites excluding steroid dienone is 3. The number of carbonyl (C=O) groups excluding carboxylic acids is 4. The van der Waals surface area contributed by atoms with Crippen LogP contribution in [0.2, 0.25) is 0 Å². The number of likely N-dealkylation sites (N-methyl/N-ethyl adjacent to an activating group) is 1. The van der Waals surface area contributed by atoms with Crippen molar-refractivity contribution in [2.75, 3.05) is 13.6 Å². The van der Waals surface area contributed by atoms with E-state index in [9.17, 15) is 19.2 Å². The first-order chi connectivity index (χ1) is 19.1. The van der Waals surface area contributed by atoms with Gasteiger partial charge in [0.1, 0.15) is 24.7 Å². The molecule has 0 unspecified atom stereocenters. The van der Waals surface area contributed by atoms with Crippen molar-refractivity contribution >= 4 is 23.7 Å². The van der Waals surface area contributed by atoms with Crippen molar-refractivity contribution in [1.29, 1.82) is 0 Å². The Kier molecular flexibility index (Phi) is 12.1. The summed E-state index contributed by atoms with van der Waals surface area (Å²) in [5.74, 6) is -2.24. The Hall–Kier alpha value is -3.68. The molecular weight excluding hydrogens is 518 g/mol. The number of nitrogens with one attached hydrogen (secondary N) is 2. The molecule has 8 nitrogen and oxygen atoms in total. The van der Waals surface area contributed by atoms with Crippen LogP contribution in [-0.2, 0) is 30.3 Å². The van der Waals surface area contributed by atoms with E-state index >= 15 is 0 Å². The molecule has 41 heavy (non-hydrogen) atoms. The minimum Gasteiger partial charge on any atom is -0.456 e. The van der Waals surface area contributed by atoms with Gasteiger partial charge in [0, 0.05) is 19.4 Å². The van der Waals surface area contributed by atoms with Crippen LogP contribution in [0.3, 0.4) is 0 Å². The standard InChI is InChI=1S/C33H47N3O5/c1-21(19-33(6,7)8)17-23(3)30-24(4)22(2)18-28(37)35-25(5)32(40)36(9)27(31(39)34-20-29(38)41-30)16-15-26-13-11-10-12-14-26/h10-14,17,19,24-25,27,30H,2,15-16,18,20H2,1,3-9H3,(H,34,39)(H,35,37)/b21-19?,23-17+/t24-,25+,27+,30+/m1/s1. The Morgan fingerprint density at radius 3 is 2.34 bits per heavy atom. The van der Waals surface area contributed by atoms with Gasteiger partial charge in [-0.1, -0.05) is 87.9 Å². The summed E-state index contributed by atoms with van der Waals surface area (Å²) in [6, 6.07) is 7.94. The molecule has 0 aliphatic carbocycles. The van der Waals surface area contributed by atoms with Crippen molar-refractivity contribution < 1.29 is 23.9 Å². The van der Waals surface area contributed by atoms with E-state index in [-0.39, 0.29) is 24.3 Å². The zero-order valence-electron chi connectivity index (χ0n) is 25.9. The van der Waals surface area contributed by atoms with Crippen molar-refractivity contribution in [3.63, 3.8) is 0 Å². The smallest absolute Gasteiger partial charge is 0.326 e. The third-order valence-corrected chi connectivity index (χ3v) is 7.13. The number of hydrogen-bond donors (Lipinski definition) is 2. The molecule has 224 valence electrons. The number of ether oxygens (including phenoxy) is 1. The van der Waals surface area contributed by atoms with Gasteiger partial charge in [-0.2, -0.15) is 0 Å². The number of benzene rings is 1. The number of carbonyl (C=O) groups is 4. The molecule has 0 aromatic heterocycles. The second kappa shape index (κ2) is 14.8. The van der Waals surface area contributed by atoms with Crippen LogP contribution in [0.25, 0.3) is 0 Å². The summed E-state index contributed by atoms with van der Waals surface area (Å²) in [6.45, 7) is 17.4. The largest absolute Gasteiger partial charge is 0.456 e. The lowest BCUT2D eigenvalue weighted by Crippen LogP contribution is -2.54. The van der Waals surface area contributed by atoms with Crippen LogP contribution >= 0.6 is 0 Å². The monoisotopic (exact) mass is 565 g/mol. The van der Waals surface area contributed by atoms with Crippen molar-refractivity contribution in [3.05, 3.63) is 71.3 Å². The number of aryl methyl sites for hydroxylation is 1. The van der Waals surface area contributed by atoms with Gasteiger partial charge < -0.3 is 20.3 Å². The van der Waals surface area contributed by atoms with Crippen LogP contribution in [0.15, 0.2) is 65.8 Å². The van der Waals surface area contributed by atoms with E-state index in [1.165, 1.54) is 11.9 Å². The second-order valence-electron chi connectivity index (χ2n) is 12.2. The first-order valence-corrected chi connectivity index (χ1v) is 14.2. The summed E-state index contributed by atoms with van der Waals surface area (Å²) in [4.78, 5) is 53.9. The zero-order valence-corrected chi connectivity index (χ0v) is 25.9. The Balaban J connectivity index is 2.39. The normalized spacial score (nSPS) is 24.7. The highest BCUT2D eigenvalue weighted by molar-refractivity contribution is 5.93. The molecule has 0 spiro atoms. The number of nitrogens with zero attached hydrogens (tertiary/aromatic N) is 1. The maximum Gasteiger partial charge on any atom is 0.326 e. The topological polar surface area (TPSA) is 105 Å². The minimum absolute atomic E-state index is 0.0325. The lowest BCUT2D eigenvalue weighted by Gasteiger charge is -2.30. The summed E-state index contributed by atoms with van der Waals surface area (Å²) >= 11 is 0. The predicted octanol–water partition coefficient (Wildman–Crippen LogP) is 4.51. The molecule has 0 saturated carbocycles. The zero-order chi connectivity index (χ0) is 30.9. The van der Waals surface area contributed by atoms with Crippen LogP contribution in [-0.4, -0.2) is 60.4 Å². The maximum absolute atomic E-state index is 13.3. The fraction of sp³-hybridized carbons (Fsp3) is 0.515. The fourth-order valence-electron chi connectivity index (χ4n) is 5.06. The van der Waals surface area contributed by atoms with Gasteiger partial charge >= 0.3 is 5.97 Å². The van der Waals surface area contributed by atoms with Gasteiger partial charge in [-0.3, -0.25) is 19.2 Å². The average Bonchev–Trinajstić information content (AvgIpc) is 2.88. The summed E-state index contributed by atoms with van der Waals surface area (Å²) in [7, 11) is 1.54. The summed E-state index contributed by atoms with van der Waals surface area (Å²) in [5.41, 5.74) is 3.37. The van der Waals surface area contributed by atoms with Crippen LogP contribution in [0.4, 0.5) is 0 Å². The van der Waals surface area contributed by atoms with Gasteiger partial charge in [-0.25, -0.2) is 0 Å². The number of hydrogen-bond acceptors (Lipinski definition) is 5. The van der Waals surface area contributed by atoms with Crippen LogP contribution < -0.4 is 10.6 Å². The Morgan fingerprint density at radius 2 is 1.73 bits per heavy atom. The molecule has 1 aromatic rings. The highest BCUT2D eigenvalue weighted by atomic mass is 16.5. The van der Waals surface area contributed by atoms with Crippen LogP contribution in [0.1, 0.15) is 66.9 Å². The lowest BCUT2D eigenvalue weighted by molar-refractivity contribution is -0.149. The molecule has 1 aliphatic heterocycles. The Labute approximate surface area is 245 Å². The summed E-state index contributed by atoms with van der Waals surface area (Å²) < 4.78 is 5.90. The van der Waals surface area contributed by atoms with Gasteiger partial charge in [-0.15, -0.1) is 0 Å².